The number of carbonyl (C=O) groups is 1. The number of nitrogens with zero attached hydrogens (tertiary/aromatic N) is 5. The molecular weight excluding hydrogens is 476 g/mol. The number of pyridine rings is 1. The number of aryl methyl sites for hydroxylation is 1. The molecule has 0 spiro atoms. The van der Waals surface area contributed by atoms with E-state index in [4.69, 9.17) is 4.74 Å². The van der Waals surface area contributed by atoms with Gasteiger partial charge in [0, 0.05) is 42.3 Å². The first kappa shape index (κ1) is 25.2. The monoisotopic (exact) mass is 506 g/mol. The standard InChI is InChI=1S/C30H30N6O2/c1-21-7-8-25(34-29(37)22-5-4-6-24(13-22)30(2,3)19-31)15-28(21)36-18-27(33-20-36)23-14-26(17-32-16-23)35-9-11-38-12-10-35/h4-8,13-18,20H,9-12H2,1-3H3,(H,34,37). The summed E-state index contributed by atoms with van der Waals surface area (Å²) in [7, 11) is 0. The number of anilines is 2. The molecule has 1 fully saturated rings. The average Bonchev–Trinajstić information content (AvgIpc) is 3.45. The first-order valence-electron chi connectivity index (χ1n) is 12.6. The molecule has 5 rings (SSSR count). The molecule has 2 aromatic heterocycles. The Balaban J connectivity index is 1.37. The number of rotatable bonds is 6. The molecule has 1 amide bonds. The van der Waals surface area contributed by atoms with Crippen molar-refractivity contribution < 1.29 is 9.53 Å². The van der Waals surface area contributed by atoms with Gasteiger partial charge in [-0.25, -0.2) is 4.98 Å². The van der Waals surface area contributed by atoms with Crippen LogP contribution in [-0.4, -0.2) is 46.7 Å². The van der Waals surface area contributed by atoms with Crippen LogP contribution in [0, 0.1) is 18.3 Å². The van der Waals surface area contributed by atoms with Crippen molar-refractivity contribution >= 4 is 17.3 Å². The molecule has 1 N–H and O–H groups in total. The number of morpholine rings is 1. The summed E-state index contributed by atoms with van der Waals surface area (Å²) in [4.78, 5) is 24.4. The van der Waals surface area contributed by atoms with Gasteiger partial charge >= 0.3 is 0 Å². The smallest absolute Gasteiger partial charge is 0.255 e. The molecule has 4 aromatic rings. The molecule has 0 radical (unpaired) electrons. The minimum Gasteiger partial charge on any atom is -0.378 e. The maximum absolute atomic E-state index is 13.0. The molecule has 0 aliphatic carbocycles. The highest BCUT2D eigenvalue weighted by atomic mass is 16.5. The number of ether oxygens (including phenoxy) is 1. The first-order chi connectivity index (χ1) is 18.3. The number of imidazole rings is 1. The molecule has 38 heavy (non-hydrogen) atoms. The van der Waals surface area contributed by atoms with Gasteiger partial charge in [-0.2, -0.15) is 5.26 Å². The highest BCUT2D eigenvalue weighted by Crippen LogP contribution is 2.27. The highest BCUT2D eigenvalue weighted by Gasteiger charge is 2.21. The fourth-order valence-electron chi connectivity index (χ4n) is 4.45. The van der Waals surface area contributed by atoms with E-state index in [9.17, 15) is 10.1 Å². The van der Waals surface area contributed by atoms with E-state index in [1.165, 1.54) is 0 Å². The van der Waals surface area contributed by atoms with Crippen LogP contribution in [-0.2, 0) is 10.2 Å². The molecule has 2 aromatic carbocycles. The lowest BCUT2D eigenvalue weighted by molar-refractivity contribution is 0.102. The summed E-state index contributed by atoms with van der Waals surface area (Å²) >= 11 is 0. The summed E-state index contributed by atoms with van der Waals surface area (Å²) in [5.41, 5.74) is 6.08. The lowest BCUT2D eigenvalue weighted by Gasteiger charge is -2.28. The Hall–Kier alpha value is -4.48. The van der Waals surface area contributed by atoms with E-state index < -0.39 is 5.41 Å². The van der Waals surface area contributed by atoms with Crippen LogP contribution in [0.1, 0.15) is 35.3 Å². The zero-order valence-electron chi connectivity index (χ0n) is 21.8. The van der Waals surface area contributed by atoms with E-state index in [0.29, 0.717) is 24.5 Å². The van der Waals surface area contributed by atoms with Gasteiger partial charge in [-0.1, -0.05) is 18.2 Å². The Morgan fingerprint density at radius 1 is 1.11 bits per heavy atom. The molecule has 192 valence electrons. The molecule has 1 saturated heterocycles. The summed E-state index contributed by atoms with van der Waals surface area (Å²) in [6.07, 6.45) is 7.44. The number of amides is 1. The number of carbonyl (C=O) groups excluding carboxylic acids is 1. The largest absolute Gasteiger partial charge is 0.378 e. The van der Waals surface area contributed by atoms with Crippen molar-refractivity contribution in [3.63, 3.8) is 0 Å². The molecule has 0 atom stereocenters. The SMILES string of the molecule is Cc1ccc(NC(=O)c2cccc(C(C)(C)C#N)c2)cc1-n1cnc(-c2cncc(N3CCOCC3)c2)c1. The van der Waals surface area contributed by atoms with Crippen LogP contribution >= 0.6 is 0 Å². The van der Waals surface area contributed by atoms with Gasteiger partial charge in [-0.05, 0) is 62.2 Å². The van der Waals surface area contributed by atoms with E-state index in [1.54, 1.807) is 24.5 Å². The van der Waals surface area contributed by atoms with Gasteiger partial charge in [-0.15, -0.1) is 0 Å². The molecular formula is C30H30N6O2. The Labute approximate surface area is 222 Å². The van der Waals surface area contributed by atoms with Crippen LogP contribution < -0.4 is 10.2 Å². The van der Waals surface area contributed by atoms with Gasteiger partial charge in [0.05, 0.1) is 54.3 Å². The topological polar surface area (TPSA) is 96.1 Å². The zero-order valence-corrected chi connectivity index (χ0v) is 21.8. The molecule has 0 unspecified atom stereocenters. The molecule has 0 bridgehead atoms. The zero-order chi connectivity index (χ0) is 26.7. The molecule has 8 nitrogen and oxygen atoms in total. The highest BCUT2D eigenvalue weighted by molar-refractivity contribution is 6.04. The van der Waals surface area contributed by atoms with Crippen LogP contribution in [0.4, 0.5) is 11.4 Å². The predicted molar refractivity (Wildman–Crippen MR) is 148 cm³/mol. The van der Waals surface area contributed by atoms with Crippen LogP contribution in [0.25, 0.3) is 16.9 Å². The lowest BCUT2D eigenvalue weighted by atomic mass is 9.85. The van der Waals surface area contributed by atoms with Crippen molar-refractivity contribution in [1.29, 1.82) is 5.26 Å². The second kappa shape index (κ2) is 10.5. The number of benzene rings is 2. The van der Waals surface area contributed by atoms with Gasteiger partial charge in [0.25, 0.3) is 5.91 Å². The van der Waals surface area contributed by atoms with E-state index >= 15 is 0 Å². The van der Waals surface area contributed by atoms with E-state index in [-0.39, 0.29) is 5.91 Å². The molecule has 1 aliphatic rings. The van der Waals surface area contributed by atoms with Crippen molar-refractivity contribution in [1.82, 2.24) is 14.5 Å². The fraction of sp³-hybridized carbons (Fsp3) is 0.267. The van der Waals surface area contributed by atoms with Crippen molar-refractivity contribution in [2.45, 2.75) is 26.2 Å². The van der Waals surface area contributed by atoms with Crippen molar-refractivity contribution in [2.24, 2.45) is 0 Å². The molecule has 8 heteroatoms. The number of nitriles is 1. The quantitative estimate of drug-likeness (QED) is 0.389. The lowest BCUT2D eigenvalue weighted by Crippen LogP contribution is -2.36. The van der Waals surface area contributed by atoms with Gasteiger partial charge in [-0.3, -0.25) is 9.78 Å². The number of aromatic nitrogens is 3. The average molecular weight is 507 g/mol. The van der Waals surface area contributed by atoms with Gasteiger partial charge in [0.15, 0.2) is 0 Å². The van der Waals surface area contributed by atoms with E-state index in [1.807, 2.05) is 68.2 Å². The normalized spacial score (nSPS) is 13.7. The van der Waals surface area contributed by atoms with Gasteiger partial charge in [0.2, 0.25) is 0 Å². The van der Waals surface area contributed by atoms with Crippen LogP contribution in [0.5, 0.6) is 0 Å². The molecule has 1 aliphatic heterocycles. The Morgan fingerprint density at radius 2 is 1.92 bits per heavy atom. The third-order valence-electron chi connectivity index (χ3n) is 6.85. The minimum absolute atomic E-state index is 0.229. The van der Waals surface area contributed by atoms with Crippen LogP contribution in [0.15, 0.2) is 73.4 Å². The summed E-state index contributed by atoms with van der Waals surface area (Å²) < 4.78 is 7.42. The van der Waals surface area contributed by atoms with Gasteiger partial charge in [0.1, 0.15) is 0 Å². The summed E-state index contributed by atoms with van der Waals surface area (Å²) in [6.45, 7) is 8.82. The van der Waals surface area contributed by atoms with E-state index in [2.05, 4.69) is 32.3 Å². The summed E-state index contributed by atoms with van der Waals surface area (Å²) in [6, 6.07) is 17.4. The Kier molecular flexibility index (Phi) is 6.95. The van der Waals surface area contributed by atoms with Crippen molar-refractivity contribution in [3.8, 4) is 23.0 Å². The number of nitrogens with one attached hydrogen (secondary N) is 1. The Morgan fingerprint density at radius 3 is 2.71 bits per heavy atom. The second-order valence-electron chi connectivity index (χ2n) is 9.97. The van der Waals surface area contributed by atoms with Crippen molar-refractivity contribution in [2.75, 3.05) is 36.5 Å². The predicted octanol–water partition coefficient (Wildman–Crippen LogP) is 5.13. The van der Waals surface area contributed by atoms with Crippen molar-refractivity contribution in [3.05, 3.63) is 90.1 Å². The van der Waals surface area contributed by atoms with Crippen LogP contribution in [0.2, 0.25) is 0 Å². The van der Waals surface area contributed by atoms with E-state index in [0.717, 1.165) is 46.8 Å². The maximum Gasteiger partial charge on any atom is 0.255 e. The number of hydrogen-bond acceptors (Lipinski definition) is 6. The van der Waals surface area contributed by atoms with Crippen LogP contribution in [0.3, 0.4) is 0 Å². The summed E-state index contributed by atoms with van der Waals surface area (Å²) in [5.74, 6) is -0.229. The number of hydrogen-bond donors (Lipinski definition) is 1. The maximum atomic E-state index is 13.0. The Bertz CT molecular complexity index is 1510. The summed E-state index contributed by atoms with van der Waals surface area (Å²) in [5, 5.41) is 12.4. The first-order valence-corrected chi connectivity index (χ1v) is 12.6. The third-order valence-corrected chi connectivity index (χ3v) is 6.85. The minimum atomic E-state index is -0.677. The fourth-order valence-corrected chi connectivity index (χ4v) is 4.45. The molecule has 0 saturated carbocycles. The second-order valence-corrected chi connectivity index (χ2v) is 9.97. The molecule has 3 heterocycles. The van der Waals surface area contributed by atoms with Gasteiger partial charge < -0.3 is 19.5 Å². The third kappa shape index (κ3) is 5.29.